The predicted octanol–water partition coefficient (Wildman–Crippen LogP) is 4.56. The van der Waals surface area contributed by atoms with Gasteiger partial charge >= 0.3 is 0 Å². The van der Waals surface area contributed by atoms with Gasteiger partial charge in [0.15, 0.2) is 5.11 Å². The fraction of sp³-hybridized carbons (Fsp3) is 0.400. The van der Waals surface area contributed by atoms with Gasteiger partial charge in [-0.1, -0.05) is 31.5 Å². The molecule has 34 heavy (non-hydrogen) atoms. The zero-order valence-electron chi connectivity index (χ0n) is 19.8. The van der Waals surface area contributed by atoms with Gasteiger partial charge in [0.05, 0.1) is 18.0 Å². The lowest BCUT2D eigenvalue weighted by Crippen LogP contribution is -2.49. The number of carbonyl (C=O) groups is 2. The molecule has 3 rings (SSSR count). The van der Waals surface area contributed by atoms with E-state index in [2.05, 4.69) is 29.4 Å². The monoisotopic (exact) mass is 502 g/mol. The summed E-state index contributed by atoms with van der Waals surface area (Å²) < 4.78 is 5.46. The van der Waals surface area contributed by atoms with Crippen LogP contribution in [0.15, 0.2) is 42.5 Å². The highest BCUT2D eigenvalue weighted by molar-refractivity contribution is 7.80. The Balaban J connectivity index is 1.65. The number of ether oxygens (including phenoxy) is 1. The Morgan fingerprint density at radius 3 is 2.53 bits per heavy atom. The van der Waals surface area contributed by atoms with Crippen molar-refractivity contribution in [2.45, 2.75) is 27.2 Å². The lowest BCUT2D eigenvalue weighted by atomic mass is 10.1. The van der Waals surface area contributed by atoms with E-state index < -0.39 is 0 Å². The van der Waals surface area contributed by atoms with E-state index >= 15 is 0 Å². The van der Waals surface area contributed by atoms with Crippen molar-refractivity contribution < 1.29 is 14.3 Å². The number of piperazine rings is 1. The summed E-state index contributed by atoms with van der Waals surface area (Å²) in [5, 5.41) is 6.54. The molecule has 2 aromatic carbocycles. The second kappa shape index (κ2) is 12.0. The molecular formula is C25H31ClN4O3S. The van der Waals surface area contributed by atoms with Crippen LogP contribution in [-0.2, 0) is 4.79 Å². The largest absolute Gasteiger partial charge is 0.494 e. The van der Waals surface area contributed by atoms with Crippen LogP contribution in [0, 0.1) is 5.92 Å². The van der Waals surface area contributed by atoms with Crippen molar-refractivity contribution in [2.24, 2.45) is 5.92 Å². The first-order valence-electron chi connectivity index (χ1n) is 11.4. The van der Waals surface area contributed by atoms with Gasteiger partial charge < -0.3 is 19.9 Å². The zero-order valence-corrected chi connectivity index (χ0v) is 21.3. The van der Waals surface area contributed by atoms with Crippen LogP contribution in [0.3, 0.4) is 0 Å². The van der Waals surface area contributed by atoms with Crippen LogP contribution >= 0.6 is 23.8 Å². The SMILES string of the molecule is CCOc1cccc(C(=O)NC(=S)Nc2cc(Cl)ccc2N2CCN(C(=O)CC(C)C)CC2)c1. The fourth-order valence-corrected chi connectivity index (χ4v) is 4.16. The van der Waals surface area contributed by atoms with Gasteiger partial charge in [0.25, 0.3) is 5.91 Å². The Morgan fingerprint density at radius 2 is 1.85 bits per heavy atom. The van der Waals surface area contributed by atoms with Crippen molar-refractivity contribution in [1.29, 1.82) is 0 Å². The second-order valence-electron chi connectivity index (χ2n) is 8.50. The first-order valence-corrected chi connectivity index (χ1v) is 12.2. The molecule has 0 bridgehead atoms. The van der Waals surface area contributed by atoms with E-state index in [1.165, 1.54) is 0 Å². The highest BCUT2D eigenvalue weighted by Crippen LogP contribution is 2.30. The lowest BCUT2D eigenvalue weighted by molar-refractivity contribution is -0.132. The number of benzene rings is 2. The first kappa shape index (κ1) is 25.8. The van der Waals surface area contributed by atoms with Crippen LogP contribution in [0.25, 0.3) is 0 Å². The molecule has 0 aliphatic carbocycles. The van der Waals surface area contributed by atoms with E-state index in [4.69, 9.17) is 28.6 Å². The van der Waals surface area contributed by atoms with Crippen LogP contribution in [0.4, 0.5) is 11.4 Å². The standard InChI is InChI=1S/C25H31ClN4O3S/c1-4-33-20-7-5-6-18(15-20)24(32)28-25(34)27-21-16-19(26)8-9-22(21)29-10-12-30(13-11-29)23(31)14-17(2)3/h5-9,15-17H,4,10-14H2,1-3H3,(H2,27,28,32,34). The summed E-state index contributed by atoms with van der Waals surface area (Å²) >= 11 is 11.6. The molecule has 2 amide bonds. The molecule has 1 fully saturated rings. The van der Waals surface area contributed by atoms with Crippen LogP contribution in [0.1, 0.15) is 37.6 Å². The Morgan fingerprint density at radius 1 is 1.12 bits per heavy atom. The topological polar surface area (TPSA) is 73.9 Å². The van der Waals surface area contributed by atoms with Crippen molar-refractivity contribution >= 4 is 52.1 Å². The molecule has 1 heterocycles. The van der Waals surface area contributed by atoms with E-state index in [0.717, 1.165) is 5.69 Å². The third-order valence-electron chi connectivity index (χ3n) is 5.40. The first-order chi connectivity index (χ1) is 16.3. The van der Waals surface area contributed by atoms with E-state index in [-0.39, 0.29) is 16.9 Å². The summed E-state index contributed by atoms with van der Waals surface area (Å²) in [4.78, 5) is 29.2. The molecule has 9 heteroatoms. The van der Waals surface area contributed by atoms with Crippen molar-refractivity contribution in [3.05, 3.63) is 53.1 Å². The zero-order chi connectivity index (χ0) is 24.7. The third kappa shape index (κ3) is 7.08. The lowest BCUT2D eigenvalue weighted by Gasteiger charge is -2.37. The number of anilines is 2. The predicted molar refractivity (Wildman–Crippen MR) is 141 cm³/mol. The van der Waals surface area contributed by atoms with E-state index in [1.807, 2.05) is 24.0 Å². The van der Waals surface area contributed by atoms with E-state index in [1.54, 1.807) is 30.3 Å². The number of amides is 2. The average Bonchev–Trinajstić information content (AvgIpc) is 2.79. The number of thiocarbonyl (C=S) groups is 1. The molecule has 1 saturated heterocycles. The number of hydrogen-bond acceptors (Lipinski definition) is 5. The molecule has 182 valence electrons. The molecule has 1 aliphatic rings. The summed E-state index contributed by atoms with van der Waals surface area (Å²) in [5.41, 5.74) is 2.06. The van der Waals surface area contributed by atoms with Gasteiger partial charge in [-0.2, -0.15) is 0 Å². The summed E-state index contributed by atoms with van der Waals surface area (Å²) in [6.45, 7) is 9.22. The summed E-state index contributed by atoms with van der Waals surface area (Å²) in [7, 11) is 0. The molecule has 0 unspecified atom stereocenters. The quantitative estimate of drug-likeness (QED) is 0.541. The molecular weight excluding hydrogens is 472 g/mol. The van der Waals surface area contributed by atoms with Gasteiger partial charge in [0.2, 0.25) is 5.91 Å². The Bertz CT molecular complexity index is 1040. The average molecular weight is 503 g/mol. The molecule has 0 atom stereocenters. The van der Waals surface area contributed by atoms with Gasteiger partial charge in [0, 0.05) is 43.2 Å². The number of carbonyl (C=O) groups excluding carboxylic acids is 2. The fourth-order valence-electron chi connectivity index (χ4n) is 3.78. The van der Waals surface area contributed by atoms with Gasteiger partial charge in [-0.3, -0.25) is 14.9 Å². The Labute approximate surface area is 211 Å². The van der Waals surface area contributed by atoms with Crippen molar-refractivity contribution in [2.75, 3.05) is 43.0 Å². The molecule has 2 aromatic rings. The maximum atomic E-state index is 12.7. The van der Waals surface area contributed by atoms with Gasteiger partial charge in [0.1, 0.15) is 5.75 Å². The second-order valence-corrected chi connectivity index (χ2v) is 9.34. The van der Waals surface area contributed by atoms with Crippen molar-refractivity contribution in [3.63, 3.8) is 0 Å². The Kier molecular flexibility index (Phi) is 9.12. The number of halogens is 1. The number of rotatable bonds is 7. The summed E-state index contributed by atoms with van der Waals surface area (Å²) in [5.74, 6) is 0.828. The maximum Gasteiger partial charge on any atom is 0.257 e. The third-order valence-corrected chi connectivity index (χ3v) is 5.84. The summed E-state index contributed by atoms with van der Waals surface area (Å²) in [6.07, 6.45) is 0.565. The van der Waals surface area contributed by atoms with E-state index in [0.29, 0.717) is 67.1 Å². The van der Waals surface area contributed by atoms with Crippen molar-refractivity contribution in [1.82, 2.24) is 10.2 Å². The number of nitrogens with zero attached hydrogens (tertiary/aromatic N) is 2. The molecule has 7 nitrogen and oxygen atoms in total. The molecule has 0 radical (unpaired) electrons. The molecule has 0 aromatic heterocycles. The Hall–Kier alpha value is -2.84. The molecule has 1 aliphatic heterocycles. The molecule has 0 saturated carbocycles. The van der Waals surface area contributed by atoms with Crippen LogP contribution in [0.2, 0.25) is 5.02 Å². The highest BCUT2D eigenvalue weighted by atomic mass is 35.5. The minimum Gasteiger partial charge on any atom is -0.494 e. The minimum atomic E-state index is -0.333. The van der Waals surface area contributed by atoms with E-state index in [9.17, 15) is 9.59 Å². The smallest absolute Gasteiger partial charge is 0.257 e. The van der Waals surface area contributed by atoms with Gasteiger partial charge in [-0.15, -0.1) is 0 Å². The molecule has 0 spiro atoms. The highest BCUT2D eigenvalue weighted by Gasteiger charge is 2.23. The van der Waals surface area contributed by atoms with Crippen LogP contribution in [-0.4, -0.2) is 54.6 Å². The van der Waals surface area contributed by atoms with Crippen LogP contribution < -0.4 is 20.3 Å². The normalized spacial score (nSPS) is 13.6. The van der Waals surface area contributed by atoms with Gasteiger partial charge in [-0.25, -0.2) is 0 Å². The maximum absolute atomic E-state index is 12.7. The number of nitrogens with one attached hydrogen (secondary N) is 2. The van der Waals surface area contributed by atoms with Gasteiger partial charge in [-0.05, 0) is 61.5 Å². The minimum absolute atomic E-state index is 0.168. The molecule has 2 N–H and O–H groups in total. The van der Waals surface area contributed by atoms with Crippen LogP contribution in [0.5, 0.6) is 5.75 Å². The van der Waals surface area contributed by atoms with Crippen molar-refractivity contribution in [3.8, 4) is 5.75 Å². The number of hydrogen-bond donors (Lipinski definition) is 2. The summed E-state index contributed by atoms with van der Waals surface area (Å²) in [6, 6.07) is 12.5.